The second kappa shape index (κ2) is 7.48. The van der Waals surface area contributed by atoms with Crippen molar-refractivity contribution in [1.29, 1.82) is 0 Å². The number of carbonyl (C=O) groups excluding carboxylic acids is 2. The van der Waals surface area contributed by atoms with E-state index >= 15 is 0 Å². The van der Waals surface area contributed by atoms with E-state index in [1.807, 2.05) is 44.2 Å². The fourth-order valence-corrected chi connectivity index (χ4v) is 4.36. The summed E-state index contributed by atoms with van der Waals surface area (Å²) in [5.74, 6) is -1.42. The van der Waals surface area contributed by atoms with Gasteiger partial charge >= 0.3 is 5.76 Å². The molecule has 2 aromatic carbocycles. The van der Waals surface area contributed by atoms with Gasteiger partial charge in [-0.1, -0.05) is 56.3 Å². The quantitative estimate of drug-likeness (QED) is 0.540. The summed E-state index contributed by atoms with van der Waals surface area (Å²) in [6.45, 7) is 4.09. The Balaban J connectivity index is 1.83. The Labute approximate surface area is 175 Å². The van der Waals surface area contributed by atoms with Crippen molar-refractivity contribution in [2.45, 2.75) is 26.4 Å². The van der Waals surface area contributed by atoms with E-state index in [0.717, 1.165) is 5.56 Å². The molecule has 0 spiro atoms. The fraction of sp³-hybridized carbons (Fsp3) is 0.227. The van der Waals surface area contributed by atoms with Crippen molar-refractivity contribution in [3.63, 3.8) is 0 Å². The summed E-state index contributed by atoms with van der Waals surface area (Å²) in [4.78, 5) is 40.0. The first-order valence-corrected chi connectivity index (χ1v) is 10.1. The number of aromatic nitrogens is 1. The molecule has 148 valence electrons. The van der Waals surface area contributed by atoms with Crippen LogP contribution in [0.1, 0.15) is 51.9 Å². The summed E-state index contributed by atoms with van der Waals surface area (Å²) in [6, 6.07) is 15.6. The average Bonchev–Trinajstić information content (AvgIpc) is 3.11. The zero-order valence-electron chi connectivity index (χ0n) is 16.0. The number of hydrogen-bond acceptors (Lipinski definition) is 4. The monoisotopic (exact) mass is 454 g/mol. The van der Waals surface area contributed by atoms with Crippen molar-refractivity contribution in [3.8, 4) is 0 Å². The van der Waals surface area contributed by atoms with Gasteiger partial charge in [0.15, 0.2) is 4.67 Å². The highest BCUT2D eigenvalue weighted by molar-refractivity contribution is 9.10. The third-order valence-electron chi connectivity index (χ3n) is 5.09. The average molecular weight is 455 g/mol. The zero-order valence-corrected chi connectivity index (χ0v) is 17.5. The molecule has 0 bridgehead atoms. The highest BCUT2D eigenvalue weighted by Gasteiger charge is 2.44. The second-order valence-corrected chi connectivity index (χ2v) is 8.03. The largest absolute Gasteiger partial charge is 0.420 e. The molecule has 2 amide bonds. The molecule has 0 aliphatic carbocycles. The van der Waals surface area contributed by atoms with Crippen LogP contribution >= 0.6 is 15.9 Å². The van der Waals surface area contributed by atoms with Crippen LogP contribution in [0, 0.1) is 5.92 Å². The Hall–Kier alpha value is -2.93. The predicted octanol–water partition coefficient (Wildman–Crippen LogP) is 4.25. The lowest BCUT2D eigenvalue weighted by atomic mass is 9.99. The first-order valence-electron chi connectivity index (χ1n) is 9.30. The van der Waals surface area contributed by atoms with Crippen molar-refractivity contribution in [1.82, 2.24) is 9.47 Å². The Morgan fingerprint density at radius 3 is 2.00 bits per heavy atom. The summed E-state index contributed by atoms with van der Waals surface area (Å²) >= 11 is 3.34. The Kier molecular flexibility index (Phi) is 5.00. The Morgan fingerprint density at radius 1 is 0.897 bits per heavy atom. The van der Waals surface area contributed by atoms with Crippen LogP contribution < -0.4 is 5.76 Å². The van der Waals surface area contributed by atoms with E-state index < -0.39 is 11.8 Å². The van der Waals surface area contributed by atoms with Crippen molar-refractivity contribution in [3.05, 3.63) is 92.2 Å². The number of oxazole rings is 1. The lowest BCUT2D eigenvalue weighted by molar-refractivity contribution is 0.0529. The number of benzene rings is 2. The maximum Gasteiger partial charge on any atom is 0.420 e. The maximum atomic E-state index is 13.1. The summed E-state index contributed by atoms with van der Waals surface area (Å²) in [6.07, 6.45) is 0. The molecule has 0 radical (unpaired) electrons. The first-order chi connectivity index (χ1) is 13.9. The standard InChI is InChI=1S/C22H19BrN2O4/c1-13(2)17(25-20(26)15-10-6-7-11-16(15)21(25)27)18-19(23)29-22(28)24(18)12-14-8-4-3-5-9-14/h3-11,13,17H,12H2,1-2H3. The minimum atomic E-state index is -0.660. The molecule has 1 atom stereocenters. The van der Waals surface area contributed by atoms with Crippen molar-refractivity contribution < 1.29 is 14.0 Å². The van der Waals surface area contributed by atoms with Crippen LogP contribution in [0.3, 0.4) is 0 Å². The number of fused-ring (bicyclic) bond motifs is 1. The number of halogens is 1. The number of rotatable bonds is 5. The topological polar surface area (TPSA) is 72.5 Å². The lowest BCUT2D eigenvalue weighted by Crippen LogP contribution is -2.39. The predicted molar refractivity (Wildman–Crippen MR) is 111 cm³/mol. The normalized spacial score (nSPS) is 14.6. The molecule has 4 rings (SSSR count). The lowest BCUT2D eigenvalue weighted by Gasteiger charge is -2.30. The Bertz CT molecular complexity index is 1110. The van der Waals surface area contributed by atoms with Crippen LogP contribution in [0.25, 0.3) is 0 Å². The van der Waals surface area contributed by atoms with Crippen molar-refractivity contribution >= 4 is 27.7 Å². The van der Waals surface area contributed by atoms with Crippen molar-refractivity contribution in [2.24, 2.45) is 5.92 Å². The van der Waals surface area contributed by atoms with E-state index in [0.29, 0.717) is 16.8 Å². The molecule has 0 saturated carbocycles. The molecule has 1 aromatic heterocycles. The van der Waals surface area contributed by atoms with Crippen LogP contribution in [0.5, 0.6) is 0 Å². The van der Waals surface area contributed by atoms with E-state index in [4.69, 9.17) is 4.42 Å². The van der Waals surface area contributed by atoms with Crippen LogP contribution in [0.15, 0.2) is 68.5 Å². The van der Waals surface area contributed by atoms with Crippen LogP contribution in [0.4, 0.5) is 0 Å². The third-order valence-corrected chi connectivity index (χ3v) is 5.66. The summed E-state index contributed by atoms with van der Waals surface area (Å²) in [7, 11) is 0. The Morgan fingerprint density at radius 2 is 1.45 bits per heavy atom. The van der Waals surface area contributed by atoms with Crippen LogP contribution in [-0.4, -0.2) is 21.3 Å². The maximum absolute atomic E-state index is 13.1. The molecule has 3 aromatic rings. The molecule has 29 heavy (non-hydrogen) atoms. The number of amides is 2. The highest BCUT2D eigenvalue weighted by atomic mass is 79.9. The summed E-state index contributed by atoms with van der Waals surface area (Å²) in [5.41, 5.74) is 2.14. The van der Waals surface area contributed by atoms with Gasteiger partial charge in [-0.3, -0.25) is 19.1 Å². The zero-order chi connectivity index (χ0) is 20.7. The fourth-order valence-electron chi connectivity index (χ4n) is 3.78. The van der Waals surface area contributed by atoms with Gasteiger partial charge in [0.25, 0.3) is 11.8 Å². The first kappa shape index (κ1) is 19.4. The summed E-state index contributed by atoms with van der Waals surface area (Å²) < 4.78 is 7.04. The van der Waals surface area contributed by atoms with Gasteiger partial charge in [0, 0.05) is 0 Å². The molecule has 1 unspecified atom stereocenters. The second-order valence-electron chi connectivity index (χ2n) is 7.31. The molecule has 0 saturated heterocycles. The van der Waals surface area contributed by atoms with Gasteiger partial charge in [-0.25, -0.2) is 4.79 Å². The van der Waals surface area contributed by atoms with E-state index in [1.54, 1.807) is 24.3 Å². The van der Waals surface area contributed by atoms with Gasteiger partial charge in [-0.2, -0.15) is 0 Å². The minimum absolute atomic E-state index is 0.146. The molecule has 1 aliphatic rings. The van der Waals surface area contributed by atoms with Crippen LogP contribution in [-0.2, 0) is 6.54 Å². The van der Waals surface area contributed by atoms with Gasteiger partial charge in [-0.05, 0) is 39.5 Å². The molecule has 0 N–H and O–H groups in total. The number of hydrogen-bond donors (Lipinski definition) is 0. The SMILES string of the molecule is CC(C)C(c1c(Br)oc(=O)n1Cc1ccccc1)N1C(=O)c2ccccc2C1=O. The molecular weight excluding hydrogens is 436 g/mol. The molecule has 2 heterocycles. The minimum Gasteiger partial charge on any atom is -0.400 e. The third kappa shape index (κ3) is 3.25. The number of carbonyl (C=O) groups is 2. The smallest absolute Gasteiger partial charge is 0.400 e. The van der Waals surface area contributed by atoms with E-state index in [-0.39, 0.29) is 28.9 Å². The number of imide groups is 1. The molecule has 6 nitrogen and oxygen atoms in total. The van der Waals surface area contributed by atoms with Gasteiger partial charge in [0.05, 0.1) is 29.4 Å². The molecular formula is C22H19BrN2O4. The van der Waals surface area contributed by atoms with E-state index in [1.165, 1.54) is 9.47 Å². The van der Waals surface area contributed by atoms with Gasteiger partial charge < -0.3 is 4.42 Å². The van der Waals surface area contributed by atoms with E-state index in [9.17, 15) is 14.4 Å². The van der Waals surface area contributed by atoms with Crippen molar-refractivity contribution in [2.75, 3.05) is 0 Å². The van der Waals surface area contributed by atoms with Crippen LogP contribution in [0.2, 0.25) is 0 Å². The van der Waals surface area contributed by atoms with E-state index in [2.05, 4.69) is 15.9 Å². The van der Waals surface area contributed by atoms with Gasteiger partial charge in [0.1, 0.15) is 0 Å². The molecule has 0 fully saturated rings. The number of nitrogens with zero attached hydrogens (tertiary/aromatic N) is 2. The highest BCUT2D eigenvalue weighted by Crippen LogP contribution is 2.38. The van der Waals surface area contributed by atoms with Gasteiger partial charge in [-0.15, -0.1) is 0 Å². The summed E-state index contributed by atoms with van der Waals surface area (Å²) in [5, 5.41) is 0. The molecule has 7 heteroatoms. The van der Waals surface area contributed by atoms with Gasteiger partial charge in [0.2, 0.25) is 0 Å². The molecule has 1 aliphatic heterocycles.